The molecular formula is C13H19ClN2OS. The van der Waals surface area contributed by atoms with Gasteiger partial charge in [0.1, 0.15) is 0 Å². The van der Waals surface area contributed by atoms with Gasteiger partial charge in [0.05, 0.1) is 0 Å². The van der Waals surface area contributed by atoms with Crippen molar-refractivity contribution in [2.75, 3.05) is 23.9 Å². The monoisotopic (exact) mass is 286 g/mol. The normalized spacial score (nSPS) is 14.1. The fraction of sp³-hybridized carbons (Fsp3) is 0.462. The van der Waals surface area contributed by atoms with Crippen LogP contribution in [0.25, 0.3) is 0 Å². The first-order valence-corrected chi connectivity index (χ1v) is 7.26. The minimum atomic E-state index is 0. The van der Waals surface area contributed by atoms with Crippen LogP contribution in [-0.2, 0) is 6.42 Å². The zero-order chi connectivity index (χ0) is 12.3. The van der Waals surface area contributed by atoms with Crippen LogP contribution in [0, 0.1) is 0 Å². The fourth-order valence-corrected chi connectivity index (χ4v) is 2.63. The zero-order valence-electron chi connectivity index (χ0n) is 10.7. The highest BCUT2D eigenvalue weighted by Gasteiger charge is 2.14. The van der Waals surface area contributed by atoms with E-state index < -0.39 is 0 Å². The molecule has 1 aliphatic rings. The van der Waals surface area contributed by atoms with Gasteiger partial charge in [-0.15, -0.1) is 12.4 Å². The second kappa shape index (κ2) is 6.90. The number of rotatable bonds is 4. The molecule has 3 nitrogen and oxygen atoms in total. The number of nitrogens with one attached hydrogen (secondary N) is 2. The quantitative estimate of drug-likeness (QED) is 0.894. The molecule has 0 aromatic heterocycles. The number of halogens is 1. The Balaban J connectivity index is 0.00000162. The fourth-order valence-electron chi connectivity index (χ4n) is 2.04. The highest BCUT2D eigenvalue weighted by molar-refractivity contribution is 7.98. The molecule has 18 heavy (non-hydrogen) atoms. The van der Waals surface area contributed by atoms with Crippen molar-refractivity contribution in [3.63, 3.8) is 0 Å². The maximum Gasteiger partial charge on any atom is 0.251 e. The summed E-state index contributed by atoms with van der Waals surface area (Å²) in [5.41, 5.74) is 3.18. The molecule has 100 valence electrons. The summed E-state index contributed by atoms with van der Waals surface area (Å²) in [5, 5.41) is 6.30. The molecule has 1 aromatic carbocycles. The van der Waals surface area contributed by atoms with Crippen molar-refractivity contribution in [3.05, 3.63) is 29.3 Å². The Morgan fingerprint density at radius 1 is 1.56 bits per heavy atom. The number of thioether (sulfide) groups is 1. The van der Waals surface area contributed by atoms with Gasteiger partial charge in [0.15, 0.2) is 0 Å². The van der Waals surface area contributed by atoms with E-state index in [1.807, 2.05) is 31.4 Å². The molecule has 1 aliphatic heterocycles. The summed E-state index contributed by atoms with van der Waals surface area (Å²) in [6, 6.07) is 6.09. The van der Waals surface area contributed by atoms with Gasteiger partial charge in [0.2, 0.25) is 0 Å². The zero-order valence-corrected chi connectivity index (χ0v) is 12.3. The van der Waals surface area contributed by atoms with Crippen molar-refractivity contribution in [1.82, 2.24) is 5.32 Å². The lowest BCUT2D eigenvalue weighted by atomic mass is 10.1. The van der Waals surface area contributed by atoms with Crippen LogP contribution in [0.4, 0.5) is 5.69 Å². The summed E-state index contributed by atoms with van der Waals surface area (Å²) < 4.78 is 0. The first kappa shape index (κ1) is 15.2. The van der Waals surface area contributed by atoms with Gasteiger partial charge in [-0.3, -0.25) is 4.79 Å². The summed E-state index contributed by atoms with van der Waals surface area (Å²) in [4.78, 5) is 12.0. The Labute approximate surface area is 119 Å². The van der Waals surface area contributed by atoms with Crippen LogP contribution < -0.4 is 10.6 Å². The van der Waals surface area contributed by atoms with E-state index in [9.17, 15) is 4.79 Å². The predicted octanol–water partition coefficient (Wildman–Crippen LogP) is 2.56. The number of fused-ring (bicyclic) bond motifs is 1. The average Bonchev–Trinajstić information content (AvgIpc) is 2.75. The molecule has 0 spiro atoms. The summed E-state index contributed by atoms with van der Waals surface area (Å²) in [6.45, 7) is 3.01. The second-order valence-corrected chi connectivity index (χ2v) is 5.29. The maximum absolute atomic E-state index is 12.0. The molecule has 0 bridgehead atoms. The van der Waals surface area contributed by atoms with Crippen LogP contribution in [0.2, 0.25) is 0 Å². The van der Waals surface area contributed by atoms with Crippen LogP contribution in [0.15, 0.2) is 18.2 Å². The average molecular weight is 287 g/mol. The largest absolute Gasteiger partial charge is 0.384 e. The van der Waals surface area contributed by atoms with Gasteiger partial charge in [-0.05, 0) is 43.4 Å². The highest BCUT2D eigenvalue weighted by atomic mass is 35.5. The number of benzene rings is 1. The molecule has 0 radical (unpaired) electrons. The highest BCUT2D eigenvalue weighted by Crippen LogP contribution is 2.22. The van der Waals surface area contributed by atoms with Crippen molar-refractivity contribution in [2.45, 2.75) is 19.4 Å². The van der Waals surface area contributed by atoms with E-state index in [0.717, 1.165) is 24.3 Å². The summed E-state index contributed by atoms with van der Waals surface area (Å²) in [5.74, 6) is 0.972. The number of carbonyl (C=O) groups is 1. The van der Waals surface area contributed by atoms with Gasteiger partial charge in [-0.1, -0.05) is 0 Å². The van der Waals surface area contributed by atoms with E-state index in [2.05, 4.69) is 10.6 Å². The Morgan fingerprint density at radius 3 is 3.06 bits per heavy atom. The van der Waals surface area contributed by atoms with Crippen LogP contribution >= 0.6 is 24.2 Å². The Kier molecular flexibility index (Phi) is 5.82. The third kappa shape index (κ3) is 3.56. The van der Waals surface area contributed by atoms with E-state index in [-0.39, 0.29) is 24.4 Å². The summed E-state index contributed by atoms with van der Waals surface area (Å²) >= 11 is 1.74. The molecule has 1 amide bonds. The second-order valence-electron chi connectivity index (χ2n) is 4.38. The lowest BCUT2D eigenvalue weighted by Gasteiger charge is -2.13. The minimum Gasteiger partial charge on any atom is -0.384 e. The number of hydrogen-bond donors (Lipinski definition) is 2. The lowest BCUT2D eigenvalue weighted by Crippen LogP contribution is -2.34. The predicted molar refractivity (Wildman–Crippen MR) is 81.2 cm³/mol. The molecule has 1 atom stereocenters. The van der Waals surface area contributed by atoms with E-state index in [1.54, 1.807) is 11.8 Å². The molecule has 1 heterocycles. The van der Waals surface area contributed by atoms with Crippen LogP contribution in [0.3, 0.4) is 0 Å². The SMILES string of the molecule is CSCC(C)NC(=O)c1ccc2c(c1)CCN2.Cl. The van der Waals surface area contributed by atoms with Crippen molar-refractivity contribution in [1.29, 1.82) is 0 Å². The van der Waals surface area contributed by atoms with Crippen molar-refractivity contribution in [2.24, 2.45) is 0 Å². The molecule has 1 unspecified atom stereocenters. The van der Waals surface area contributed by atoms with E-state index in [1.165, 1.54) is 11.3 Å². The van der Waals surface area contributed by atoms with Crippen LogP contribution in [0.5, 0.6) is 0 Å². The van der Waals surface area contributed by atoms with Crippen molar-refractivity contribution < 1.29 is 4.79 Å². The topological polar surface area (TPSA) is 41.1 Å². The number of hydrogen-bond acceptors (Lipinski definition) is 3. The molecule has 2 rings (SSSR count). The molecule has 2 N–H and O–H groups in total. The Bertz CT molecular complexity index is 425. The number of carbonyl (C=O) groups excluding carboxylic acids is 1. The molecule has 0 saturated heterocycles. The first-order valence-electron chi connectivity index (χ1n) is 5.87. The third-order valence-electron chi connectivity index (χ3n) is 2.87. The molecule has 5 heteroatoms. The Morgan fingerprint density at radius 2 is 2.33 bits per heavy atom. The van der Waals surface area contributed by atoms with Gasteiger partial charge < -0.3 is 10.6 Å². The third-order valence-corrected chi connectivity index (χ3v) is 3.70. The van der Waals surface area contributed by atoms with Gasteiger partial charge in [-0.2, -0.15) is 11.8 Å². The van der Waals surface area contributed by atoms with Gasteiger partial charge in [0.25, 0.3) is 5.91 Å². The summed E-state index contributed by atoms with van der Waals surface area (Å²) in [7, 11) is 0. The van der Waals surface area contributed by atoms with E-state index in [4.69, 9.17) is 0 Å². The van der Waals surface area contributed by atoms with Crippen molar-refractivity contribution >= 4 is 35.8 Å². The summed E-state index contributed by atoms with van der Waals surface area (Å²) in [6.07, 6.45) is 3.06. The van der Waals surface area contributed by atoms with Gasteiger partial charge in [0, 0.05) is 29.6 Å². The standard InChI is InChI=1S/C13H18N2OS.ClH/c1-9(8-17-2)15-13(16)11-3-4-12-10(7-11)5-6-14-12;/h3-4,7,9,14H,5-6,8H2,1-2H3,(H,15,16);1H. The van der Waals surface area contributed by atoms with Gasteiger partial charge in [-0.25, -0.2) is 0 Å². The van der Waals surface area contributed by atoms with E-state index >= 15 is 0 Å². The first-order chi connectivity index (χ1) is 8.20. The smallest absolute Gasteiger partial charge is 0.251 e. The van der Waals surface area contributed by atoms with Crippen molar-refractivity contribution in [3.8, 4) is 0 Å². The Hall–Kier alpha value is -0.870. The van der Waals surface area contributed by atoms with Gasteiger partial charge >= 0.3 is 0 Å². The molecular weight excluding hydrogens is 268 g/mol. The number of amides is 1. The number of anilines is 1. The van der Waals surface area contributed by atoms with E-state index in [0.29, 0.717) is 0 Å². The molecule has 1 aromatic rings. The maximum atomic E-state index is 12.0. The molecule has 0 saturated carbocycles. The van der Waals surface area contributed by atoms with Crippen LogP contribution in [0.1, 0.15) is 22.8 Å². The molecule has 0 fully saturated rings. The lowest BCUT2D eigenvalue weighted by molar-refractivity contribution is 0.0943. The van der Waals surface area contributed by atoms with Crippen LogP contribution in [-0.4, -0.2) is 30.5 Å². The molecule has 0 aliphatic carbocycles. The minimum absolute atomic E-state index is 0.